The Morgan fingerprint density at radius 2 is 1.06 bits per heavy atom. The van der Waals surface area contributed by atoms with Gasteiger partial charge in [0.2, 0.25) is 0 Å². The van der Waals surface area contributed by atoms with E-state index in [1.54, 1.807) is 49.9 Å². The summed E-state index contributed by atoms with van der Waals surface area (Å²) in [6.45, 7) is 12.4. The molecular formula is C52H67ClN4O11. The van der Waals surface area contributed by atoms with Gasteiger partial charge < -0.3 is 39.6 Å². The van der Waals surface area contributed by atoms with Crippen LogP contribution in [-0.4, -0.2) is 82.5 Å². The summed E-state index contributed by atoms with van der Waals surface area (Å²) in [5, 5.41) is 17.0. The predicted octanol–water partition coefficient (Wildman–Crippen LogP) is 10.5. The molecule has 4 aromatic rings. The number of rotatable bonds is 11. The number of ether oxygens (including phenoxy) is 4. The van der Waals surface area contributed by atoms with Crippen molar-refractivity contribution in [2.24, 2.45) is 0 Å². The number of amides is 4. The third-order valence-electron chi connectivity index (χ3n) is 10.1. The normalized spacial score (nSPS) is 14.6. The Morgan fingerprint density at radius 3 is 1.56 bits per heavy atom. The molecule has 4 aromatic carbocycles. The van der Waals surface area contributed by atoms with Crippen LogP contribution in [0.1, 0.15) is 124 Å². The first-order valence-corrected chi connectivity index (χ1v) is 22.7. The molecular weight excluding hydrogens is 892 g/mol. The van der Waals surface area contributed by atoms with Crippen molar-refractivity contribution in [2.75, 3.05) is 18.4 Å². The van der Waals surface area contributed by atoms with Crippen LogP contribution in [0.2, 0.25) is 0 Å². The van der Waals surface area contributed by atoms with Crippen LogP contribution in [-0.2, 0) is 43.4 Å². The van der Waals surface area contributed by atoms with Gasteiger partial charge >= 0.3 is 30.2 Å². The highest BCUT2D eigenvalue weighted by atomic mass is 35.5. The van der Waals surface area contributed by atoms with Crippen LogP contribution in [0.15, 0.2) is 109 Å². The van der Waals surface area contributed by atoms with Crippen LogP contribution in [0.4, 0.5) is 20.1 Å². The Balaban J connectivity index is 0.000000295. The molecule has 0 spiro atoms. The van der Waals surface area contributed by atoms with Crippen molar-refractivity contribution in [2.45, 2.75) is 129 Å². The van der Waals surface area contributed by atoms with Gasteiger partial charge in [-0.15, -0.1) is 12.4 Å². The Labute approximate surface area is 406 Å². The highest BCUT2D eigenvalue weighted by Crippen LogP contribution is 2.19. The molecule has 2 aliphatic rings. The van der Waals surface area contributed by atoms with Gasteiger partial charge in [0.15, 0.2) is 0 Å². The minimum absolute atomic E-state index is 0. The zero-order valence-corrected chi connectivity index (χ0v) is 40.7. The molecule has 4 amide bonds. The number of nitrogens with one attached hydrogen (secondary N) is 3. The van der Waals surface area contributed by atoms with E-state index in [0.717, 1.165) is 42.4 Å². The minimum Gasteiger partial charge on any atom is -0.478 e. The van der Waals surface area contributed by atoms with E-state index in [4.69, 9.17) is 24.1 Å². The second kappa shape index (κ2) is 27.9. The molecule has 1 heterocycles. The number of carboxylic acid groups (broad SMARTS) is 1. The molecule has 1 unspecified atom stereocenters. The third kappa shape index (κ3) is 22.3. The van der Waals surface area contributed by atoms with Gasteiger partial charge in [0.1, 0.15) is 24.4 Å². The van der Waals surface area contributed by atoms with E-state index in [0.29, 0.717) is 37.0 Å². The molecule has 16 heteroatoms. The lowest BCUT2D eigenvalue weighted by Gasteiger charge is -2.33. The molecule has 1 saturated heterocycles. The van der Waals surface area contributed by atoms with Crippen LogP contribution in [0.3, 0.4) is 0 Å². The fourth-order valence-corrected chi connectivity index (χ4v) is 7.00. The lowest BCUT2D eigenvalue weighted by molar-refractivity contribution is -0.153. The molecule has 68 heavy (non-hydrogen) atoms. The zero-order valence-electron chi connectivity index (χ0n) is 39.9. The molecule has 0 bridgehead atoms. The predicted molar refractivity (Wildman–Crippen MR) is 262 cm³/mol. The van der Waals surface area contributed by atoms with Gasteiger partial charge in [0.05, 0.1) is 12.0 Å². The number of hydrogen-bond acceptors (Lipinski definition) is 10. The van der Waals surface area contributed by atoms with Gasteiger partial charge in [-0.05, 0) is 120 Å². The summed E-state index contributed by atoms with van der Waals surface area (Å²) in [7, 11) is 0. The summed E-state index contributed by atoms with van der Waals surface area (Å²) in [5.41, 5.74) is 2.85. The van der Waals surface area contributed by atoms with Gasteiger partial charge in [-0.1, -0.05) is 92.1 Å². The van der Waals surface area contributed by atoms with Gasteiger partial charge in [-0.25, -0.2) is 19.2 Å². The monoisotopic (exact) mass is 958 g/mol. The molecule has 1 aliphatic carbocycles. The average Bonchev–Trinajstić information content (AvgIpc) is 3.28. The van der Waals surface area contributed by atoms with E-state index in [2.05, 4.69) is 16.0 Å². The summed E-state index contributed by atoms with van der Waals surface area (Å²) in [6, 6.07) is 32.2. The number of hydrogen-bond donors (Lipinski definition) is 4. The Morgan fingerprint density at radius 1 is 0.574 bits per heavy atom. The number of esters is 1. The number of anilines is 1. The second-order valence-electron chi connectivity index (χ2n) is 18.3. The largest absolute Gasteiger partial charge is 0.478 e. The molecule has 368 valence electrons. The van der Waals surface area contributed by atoms with Crippen LogP contribution >= 0.6 is 12.4 Å². The number of aromatic carboxylic acids is 1. The molecule has 1 aliphatic heterocycles. The SMILES string of the molecule is CC(C)(C)OC(=O)Cc1ccc(C(=O)N2CCCC(NC(=O)OCc3ccccc3)C2)cc1.CC(C)(C)OC(=O)Nc1ccc(C(=O)O)cc1.Cl.O=C(NC1CCCCC1)OCc1ccccc1. The second-order valence-corrected chi connectivity index (χ2v) is 18.3. The molecule has 4 N–H and O–H groups in total. The third-order valence-corrected chi connectivity index (χ3v) is 10.1. The van der Waals surface area contributed by atoms with E-state index in [1.165, 1.54) is 43.5 Å². The van der Waals surface area contributed by atoms with Crippen molar-refractivity contribution < 1.29 is 52.8 Å². The molecule has 2 fully saturated rings. The summed E-state index contributed by atoms with van der Waals surface area (Å²) in [5.74, 6) is -1.40. The molecule has 6 rings (SSSR count). The summed E-state index contributed by atoms with van der Waals surface area (Å²) in [6.07, 6.45) is 6.29. The number of piperidine rings is 1. The first kappa shape index (κ1) is 55.7. The number of carbonyl (C=O) groups is 6. The number of halogens is 1. The fourth-order valence-electron chi connectivity index (χ4n) is 7.00. The minimum atomic E-state index is -1.01. The first-order chi connectivity index (χ1) is 31.8. The zero-order chi connectivity index (χ0) is 48.8. The van der Waals surface area contributed by atoms with Gasteiger partial charge in [0.25, 0.3) is 5.91 Å². The van der Waals surface area contributed by atoms with E-state index >= 15 is 0 Å². The number of alkyl carbamates (subject to hydrolysis) is 2. The van der Waals surface area contributed by atoms with Crippen molar-refractivity contribution in [1.29, 1.82) is 0 Å². The number of carbonyl (C=O) groups excluding carboxylic acids is 5. The maximum Gasteiger partial charge on any atom is 0.412 e. The molecule has 0 radical (unpaired) electrons. The highest BCUT2D eigenvalue weighted by molar-refractivity contribution is 5.94. The quantitative estimate of drug-likeness (QED) is 0.0824. The summed E-state index contributed by atoms with van der Waals surface area (Å²) < 4.78 is 20.9. The number of nitrogens with zero attached hydrogens (tertiary/aromatic N) is 1. The van der Waals surface area contributed by atoms with E-state index in [9.17, 15) is 28.8 Å². The molecule has 1 atom stereocenters. The fraction of sp³-hybridized carbons (Fsp3) is 0.423. The van der Waals surface area contributed by atoms with Crippen molar-refractivity contribution in [3.63, 3.8) is 0 Å². The van der Waals surface area contributed by atoms with Gasteiger partial charge in [-0.2, -0.15) is 0 Å². The van der Waals surface area contributed by atoms with Crippen LogP contribution in [0.5, 0.6) is 0 Å². The van der Waals surface area contributed by atoms with Crippen LogP contribution < -0.4 is 16.0 Å². The lowest BCUT2D eigenvalue weighted by atomic mass is 9.96. The Hall–Kier alpha value is -6.61. The summed E-state index contributed by atoms with van der Waals surface area (Å²) >= 11 is 0. The summed E-state index contributed by atoms with van der Waals surface area (Å²) in [4.78, 5) is 72.4. The van der Waals surface area contributed by atoms with Crippen LogP contribution in [0.25, 0.3) is 0 Å². The maximum atomic E-state index is 13.0. The van der Waals surface area contributed by atoms with E-state index in [-0.39, 0.29) is 55.0 Å². The number of benzene rings is 4. The van der Waals surface area contributed by atoms with Gasteiger partial charge in [0, 0.05) is 36.4 Å². The lowest BCUT2D eigenvalue weighted by Crippen LogP contribution is -2.49. The van der Waals surface area contributed by atoms with Crippen molar-refractivity contribution in [3.05, 3.63) is 137 Å². The molecule has 15 nitrogen and oxygen atoms in total. The van der Waals surface area contributed by atoms with Crippen LogP contribution in [0, 0.1) is 0 Å². The van der Waals surface area contributed by atoms with E-state index in [1.807, 2.05) is 81.4 Å². The number of likely N-dealkylation sites (tertiary alicyclic amines) is 1. The Kier molecular flexibility index (Phi) is 22.9. The maximum absolute atomic E-state index is 13.0. The number of carboxylic acids is 1. The van der Waals surface area contributed by atoms with Crippen molar-refractivity contribution >= 4 is 54.2 Å². The van der Waals surface area contributed by atoms with Gasteiger partial charge in [-0.3, -0.25) is 14.9 Å². The van der Waals surface area contributed by atoms with Crippen molar-refractivity contribution in [3.8, 4) is 0 Å². The topological polar surface area (TPSA) is 199 Å². The Bertz CT molecular complexity index is 2190. The smallest absolute Gasteiger partial charge is 0.412 e. The molecule has 1 saturated carbocycles. The standard InChI is InChI=1S/C26H32N2O5.C14H19NO2.C12H15NO4.ClH/c1-26(2,3)33-23(29)16-19-11-13-21(14-12-19)24(30)28-15-7-10-22(17-28)27-25(31)32-18-20-8-5-4-6-9-20;16-14(15-13-9-5-2-6-10-13)17-11-12-7-3-1-4-8-12;1-12(2,3)17-11(16)13-9-6-4-8(5-7-9)10(14)15;/h4-6,8-9,11-14,22H,7,10,15-18H2,1-3H3,(H,27,31);1,3-4,7-8,13H,2,5-6,9-11H2,(H,15,16);4-7H,1-3H3,(H,13,16)(H,14,15);1H. The van der Waals surface area contributed by atoms with E-state index < -0.39 is 29.4 Å². The highest BCUT2D eigenvalue weighted by Gasteiger charge is 2.26. The van der Waals surface area contributed by atoms with Crippen molar-refractivity contribution in [1.82, 2.24) is 15.5 Å². The first-order valence-electron chi connectivity index (χ1n) is 22.7. The average molecular weight is 960 g/mol. The molecule has 0 aromatic heterocycles.